The lowest BCUT2D eigenvalue weighted by Crippen LogP contribution is -2.12. The first-order chi connectivity index (χ1) is 12.8. The van der Waals surface area contributed by atoms with Crippen molar-refractivity contribution >= 4 is 27.1 Å². The normalized spacial score (nSPS) is 11.3. The standard InChI is InChI=1S/C18H16N2O5S2/c1-3-13-4-7-15(20(21)22)10-17(13)27(23,24)25-16-8-5-14(6-9-16)18-19-12(2)11-26-18/h4-11H,3H2,1-2H3. The van der Waals surface area contributed by atoms with Crippen LogP contribution < -0.4 is 4.18 Å². The van der Waals surface area contributed by atoms with Crippen molar-refractivity contribution < 1.29 is 17.5 Å². The summed E-state index contributed by atoms with van der Waals surface area (Å²) in [6.07, 6.45) is 0.401. The summed E-state index contributed by atoms with van der Waals surface area (Å²) in [5.41, 5.74) is 1.91. The molecule has 0 aliphatic carbocycles. The molecule has 0 atom stereocenters. The molecule has 7 nitrogen and oxygen atoms in total. The molecule has 140 valence electrons. The predicted molar refractivity (Wildman–Crippen MR) is 103 cm³/mol. The lowest BCUT2D eigenvalue weighted by Gasteiger charge is -2.10. The van der Waals surface area contributed by atoms with Crippen LogP contribution in [0.2, 0.25) is 0 Å². The Morgan fingerprint density at radius 1 is 1.19 bits per heavy atom. The van der Waals surface area contributed by atoms with Gasteiger partial charge in [0.25, 0.3) is 5.69 Å². The number of non-ortho nitro benzene ring substituents is 1. The van der Waals surface area contributed by atoms with E-state index in [9.17, 15) is 18.5 Å². The first kappa shape index (κ1) is 19.0. The van der Waals surface area contributed by atoms with Crippen LogP contribution in [0.4, 0.5) is 5.69 Å². The molecule has 3 aromatic rings. The Morgan fingerprint density at radius 3 is 2.44 bits per heavy atom. The van der Waals surface area contributed by atoms with Crippen LogP contribution in [-0.4, -0.2) is 18.3 Å². The number of hydrogen-bond donors (Lipinski definition) is 0. The van der Waals surface area contributed by atoms with Crippen molar-refractivity contribution in [2.45, 2.75) is 25.2 Å². The minimum Gasteiger partial charge on any atom is -0.379 e. The average molecular weight is 404 g/mol. The molecule has 1 aromatic heterocycles. The van der Waals surface area contributed by atoms with Crippen LogP contribution >= 0.6 is 11.3 Å². The second-order valence-corrected chi connectivity index (χ2v) is 8.13. The SMILES string of the molecule is CCc1ccc([N+](=O)[O-])cc1S(=O)(=O)Oc1ccc(-c2nc(C)cs2)cc1. The fourth-order valence-corrected chi connectivity index (χ4v) is 4.55. The molecule has 0 fully saturated rings. The molecule has 2 aromatic carbocycles. The third kappa shape index (κ3) is 4.15. The second-order valence-electron chi connectivity index (χ2n) is 5.76. The van der Waals surface area contributed by atoms with E-state index < -0.39 is 15.0 Å². The Hall–Kier alpha value is -2.78. The van der Waals surface area contributed by atoms with Gasteiger partial charge in [0.1, 0.15) is 15.7 Å². The third-order valence-electron chi connectivity index (χ3n) is 3.84. The second kappa shape index (κ2) is 7.45. The van der Waals surface area contributed by atoms with E-state index in [0.29, 0.717) is 12.0 Å². The van der Waals surface area contributed by atoms with Gasteiger partial charge in [0.2, 0.25) is 0 Å². The molecular weight excluding hydrogens is 388 g/mol. The Balaban J connectivity index is 1.90. The zero-order valence-electron chi connectivity index (χ0n) is 14.6. The van der Waals surface area contributed by atoms with Crippen LogP contribution in [0, 0.1) is 17.0 Å². The molecule has 0 saturated carbocycles. The molecule has 1 heterocycles. The van der Waals surface area contributed by atoms with Gasteiger partial charge in [-0.3, -0.25) is 10.1 Å². The summed E-state index contributed by atoms with van der Waals surface area (Å²) in [4.78, 5) is 14.5. The molecule has 0 amide bonds. The van der Waals surface area contributed by atoms with E-state index in [1.807, 2.05) is 12.3 Å². The van der Waals surface area contributed by atoms with E-state index in [1.165, 1.54) is 35.6 Å². The van der Waals surface area contributed by atoms with Gasteiger partial charge in [-0.15, -0.1) is 11.3 Å². The van der Waals surface area contributed by atoms with Crippen LogP contribution in [-0.2, 0) is 16.5 Å². The minimum atomic E-state index is -4.20. The Kier molecular flexibility index (Phi) is 5.24. The first-order valence-electron chi connectivity index (χ1n) is 8.04. The van der Waals surface area contributed by atoms with E-state index in [4.69, 9.17) is 4.18 Å². The van der Waals surface area contributed by atoms with Crippen molar-refractivity contribution in [1.29, 1.82) is 0 Å². The largest absolute Gasteiger partial charge is 0.379 e. The van der Waals surface area contributed by atoms with Crippen molar-refractivity contribution in [2.75, 3.05) is 0 Å². The van der Waals surface area contributed by atoms with E-state index in [-0.39, 0.29) is 16.3 Å². The number of benzene rings is 2. The zero-order valence-corrected chi connectivity index (χ0v) is 16.2. The summed E-state index contributed by atoms with van der Waals surface area (Å²) in [7, 11) is -4.20. The summed E-state index contributed by atoms with van der Waals surface area (Å²) in [6.45, 7) is 3.67. The maximum absolute atomic E-state index is 12.7. The van der Waals surface area contributed by atoms with Crippen LogP contribution in [0.15, 0.2) is 52.7 Å². The van der Waals surface area contributed by atoms with Gasteiger partial charge >= 0.3 is 10.1 Å². The molecule has 0 N–H and O–H groups in total. The van der Waals surface area contributed by atoms with Crippen LogP contribution in [0.1, 0.15) is 18.2 Å². The van der Waals surface area contributed by atoms with E-state index in [0.717, 1.165) is 22.3 Å². The van der Waals surface area contributed by atoms with Gasteiger partial charge in [-0.05, 0) is 43.2 Å². The highest BCUT2D eigenvalue weighted by atomic mass is 32.2. The summed E-state index contributed by atoms with van der Waals surface area (Å²) < 4.78 is 30.5. The quantitative estimate of drug-likeness (QED) is 0.344. The average Bonchev–Trinajstić information content (AvgIpc) is 3.07. The molecule has 27 heavy (non-hydrogen) atoms. The maximum atomic E-state index is 12.7. The minimum absolute atomic E-state index is 0.126. The topological polar surface area (TPSA) is 99.4 Å². The van der Waals surface area contributed by atoms with Gasteiger partial charge in [0.05, 0.1) is 4.92 Å². The van der Waals surface area contributed by atoms with Gasteiger partial charge < -0.3 is 4.18 Å². The lowest BCUT2D eigenvalue weighted by atomic mass is 10.1. The Bertz CT molecular complexity index is 1090. The summed E-state index contributed by atoms with van der Waals surface area (Å²) >= 11 is 1.49. The molecule has 0 spiro atoms. The van der Waals surface area contributed by atoms with Gasteiger partial charge in [0.15, 0.2) is 0 Å². The summed E-state index contributed by atoms with van der Waals surface area (Å²) in [5, 5.41) is 13.7. The van der Waals surface area contributed by atoms with Gasteiger partial charge in [-0.25, -0.2) is 4.98 Å². The van der Waals surface area contributed by atoms with Crippen LogP contribution in [0.5, 0.6) is 5.75 Å². The fourth-order valence-electron chi connectivity index (χ4n) is 2.49. The number of aryl methyl sites for hydroxylation is 2. The number of hydrogen-bond acceptors (Lipinski definition) is 7. The van der Waals surface area contributed by atoms with Gasteiger partial charge in [-0.1, -0.05) is 13.0 Å². The predicted octanol–water partition coefficient (Wildman–Crippen LogP) is 4.36. The van der Waals surface area contributed by atoms with E-state index in [1.54, 1.807) is 19.1 Å². The van der Waals surface area contributed by atoms with Crippen LogP contribution in [0.3, 0.4) is 0 Å². The monoisotopic (exact) mass is 404 g/mol. The smallest absolute Gasteiger partial charge is 0.339 e. The van der Waals surface area contributed by atoms with Crippen molar-refractivity contribution in [2.24, 2.45) is 0 Å². The molecular formula is C18H16N2O5S2. The molecule has 0 aliphatic heterocycles. The maximum Gasteiger partial charge on any atom is 0.339 e. The third-order valence-corrected chi connectivity index (χ3v) is 6.18. The molecule has 0 aliphatic rings. The molecule has 0 saturated heterocycles. The highest BCUT2D eigenvalue weighted by molar-refractivity contribution is 7.87. The highest BCUT2D eigenvalue weighted by Gasteiger charge is 2.23. The van der Waals surface area contributed by atoms with E-state index >= 15 is 0 Å². The number of aromatic nitrogens is 1. The molecule has 0 bridgehead atoms. The van der Waals surface area contributed by atoms with Gasteiger partial charge in [0, 0.05) is 28.8 Å². The molecule has 0 unspecified atom stereocenters. The Morgan fingerprint density at radius 2 is 1.89 bits per heavy atom. The number of thiazole rings is 1. The number of rotatable bonds is 6. The number of nitro benzene ring substituents is 1. The van der Waals surface area contributed by atoms with E-state index in [2.05, 4.69) is 4.98 Å². The summed E-state index contributed by atoms with van der Waals surface area (Å²) in [6, 6.07) is 10.2. The number of nitrogens with zero attached hydrogens (tertiary/aromatic N) is 2. The van der Waals surface area contributed by atoms with Crippen molar-refractivity contribution in [1.82, 2.24) is 4.98 Å². The Labute approximate surface area is 160 Å². The highest BCUT2D eigenvalue weighted by Crippen LogP contribution is 2.29. The van der Waals surface area contributed by atoms with Crippen molar-refractivity contribution in [3.8, 4) is 16.3 Å². The molecule has 0 radical (unpaired) electrons. The van der Waals surface area contributed by atoms with Crippen molar-refractivity contribution in [3.63, 3.8) is 0 Å². The number of nitro groups is 1. The van der Waals surface area contributed by atoms with Crippen LogP contribution in [0.25, 0.3) is 10.6 Å². The fraction of sp³-hybridized carbons (Fsp3) is 0.167. The van der Waals surface area contributed by atoms with Crippen molar-refractivity contribution in [3.05, 3.63) is 69.2 Å². The molecule has 9 heteroatoms. The first-order valence-corrected chi connectivity index (χ1v) is 10.3. The zero-order chi connectivity index (χ0) is 19.6. The molecule has 3 rings (SSSR count). The lowest BCUT2D eigenvalue weighted by molar-refractivity contribution is -0.385. The summed E-state index contributed by atoms with van der Waals surface area (Å²) in [5.74, 6) is 0.126. The van der Waals surface area contributed by atoms with Gasteiger partial charge in [-0.2, -0.15) is 8.42 Å².